The molecule has 20 heavy (non-hydrogen) atoms. The van der Waals surface area contributed by atoms with Gasteiger partial charge in [-0.05, 0) is 36.8 Å². The van der Waals surface area contributed by atoms with E-state index in [0.717, 1.165) is 13.1 Å². The summed E-state index contributed by atoms with van der Waals surface area (Å²) in [4.78, 5) is 23.8. The summed E-state index contributed by atoms with van der Waals surface area (Å²) in [6.45, 7) is 1.60. The Balaban J connectivity index is 1.99. The van der Waals surface area contributed by atoms with Crippen molar-refractivity contribution in [3.8, 4) is 0 Å². The maximum absolute atomic E-state index is 11.3. The fourth-order valence-electron chi connectivity index (χ4n) is 3.58. The number of nitro groups is 1. The first-order valence-electron chi connectivity index (χ1n) is 6.83. The van der Waals surface area contributed by atoms with Gasteiger partial charge < -0.3 is 10.0 Å². The van der Waals surface area contributed by atoms with Crippen molar-refractivity contribution >= 4 is 17.3 Å². The van der Waals surface area contributed by atoms with Gasteiger partial charge in [0.2, 0.25) is 0 Å². The highest BCUT2D eigenvalue weighted by Crippen LogP contribution is 2.42. The van der Waals surface area contributed by atoms with Crippen LogP contribution in [0.3, 0.4) is 0 Å². The Morgan fingerprint density at radius 3 is 2.50 bits per heavy atom. The van der Waals surface area contributed by atoms with Crippen LogP contribution in [-0.2, 0) is 0 Å². The number of fused-ring (bicyclic) bond motifs is 1. The predicted molar refractivity (Wildman–Crippen MR) is 73.1 cm³/mol. The number of nitrogens with zero attached hydrogens (tertiary/aromatic N) is 2. The van der Waals surface area contributed by atoms with Crippen molar-refractivity contribution < 1.29 is 14.8 Å². The van der Waals surface area contributed by atoms with Crippen molar-refractivity contribution in [2.45, 2.75) is 19.3 Å². The third-order valence-electron chi connectivity index (χ3n) is 4.49. The number of para-hydroxylation sites is 1. The molecular formula is C14H16N2O4. The fraction of sp³-hybridized carbons (Fsp3) is 0.500. The van der Waals surface area contributed by atoms with Gasteiger partial charge in [0.1, 0.15) is 11.3 Å². The second-order valence-electron chi connectivity index (χ2n) is 5.59. The Bertz CT molecular complexity index is 560. The van der Waals surface area contributed by atoms with Crippen LogP contribution in [0.15, 0.2) is 18.2 Å². The molecule has 1 aromatic carbocycles. The molecule has 2 fully saturated rings. The smallest absolute Gasteiger partial charge is 0.342 e. The first kappa shape index (κ1) is 12.9. The molecule has 0 aromatic heterocycles. The van der Waals surface area contributed by atoms with Crippen molar-refractivity contribution in [2.24, 2.45) is 11.8 Å². The van der Waals surface area contributed by atoms with E-state index in [9.17, 15) is 14.9 Å². The summed E-state index contributed by atoms with van der Waals surface area (Å²) < 4.78 is 0. The van der Waals surface area contributed by atoms with Crippen LogP contribution in [0.2, 0.25) is 0 Å². The van der Waals surface area contributed by atoms with Gasteiger partial charge >= 0.3 is 11.7 Å². The molecule has 0 spiro atoms. The zero-order chi connectivity index (χ0) is 14.3. The van der Waals surface area contributed by atoms with Crippen molar-refractivity contribution in [1.82, 2.24) is 0 Å². The molecular weight excluding hydrogens is 260 g/mol. The van der Waals surface area contributed by atoms with Crippen LogP contribution in [0.4, 0.5) is 11.4 Å². The van der Waals surface area contributed by atoms with Gasteiger partial charge in [0, 0.05) is 13.1 Å². The highest BCUT2D eigenvalue weighted by molar-refractivity contribution is 5.95. The molecule has 2 unspecified atom stereocenters. The van der Waals surface area contributed by atoms with Gasteiger partial charge in [0.05, 0.1) is 4.92 Å². The van der Waals surface area contributed by atoms with Gasteiger partial charge in [0.15, 0.2) is 0 Å². The number of nitro benzene ring substituents is 1. The van der Waals surface area contributed by atoms with E-state index in [1.807, 2.05) is 4.90 Å². The van der Waals surface area contributed by atoms with E-state index < -0.39 is 10.9 Å². The van der Waals surface area contributed by atoms with E-state index in [1.54, 1.807) is 12.1 Å². The van der Waals surface area contributed by atoms with Crippen molar-refractivity contribution in [1.29, 1.82) is 0 Å². The molecule has 1 saturated carbocycles. The molecule has 0 bridgehead atoms. The number of hydrogen-bond donors (Lipinski definition) is 1. The first-order valence-corrected chi connectivity index (χ1v) is 6.83. The standard InChI is InChI=1S/C14H16N2O4/c17-14(18)11-5-2-6-12(13(11)16(19)20)15-7-9-3-1-4-10(9)8-15/h2,5-6,9-10H,1,3-4,7-8H2,(H,17,18). The van der Waals surface area contributed by atoms with Gasteiger partial charge in [-0.2, -0.15) is 0 Å². The zero-order valence-electron chi connectivity index (χ0n) is 11.0. The summed E-state index contributed by atoms with van der Waals surface area (Å²) in [6.07, 6.45) is 3.58. The van der Waals surface area contributed by atoms with E-state index in [-0.39, 0.29) is 11.3 Å². The minimum absolute atomic E-state index is 0.232. The molecule has 2 atom stereocenters. The Morgan fingerprint density at radius 2 is 1.95 bits per heavy atom. The number of benzene rings is 1. The summed E-state index contributed by atoms with van der Waals surface area (Å²) in [5, 5.41) is 20.4. The Hall–Kier alpha value is -2.11. The Kier molecular flexibility index (Phi) is 3.08. The van der Waals surface area contributed by atoms with Crippen LogP contribution in [-0.4, -0.2) is 29.1 Å². The summed E-state index contributed by atoms with van der Waals surface area (Å²) >= 11 is 0. The van der Waals surface area contributed by atoms with Crippen LogP contribution in [0.5, 0.6) is 0 Å². The average molecular weight is 276 g/mol. The quantitative estimate of drug-likeness (QED) is 0.677. The molecule has 1 aliphatic carbocycles. The summed E-state index contributed by atoms with van der Waals surface area (Å²) in [5.74, 6) is -0.0517. The zero-order valence-corrected chi connectivity index (χ0v) is 11.0. The predicted octanol–water partition coefficient (Wildman–Crippen LogP) is 2.53. The molecule has 106 valence electrons. The average Bonchev–Trinajstić information content (AvgIpc) is 2.98. The van der Waals surface area contributed by atoms with Gasteiger partial charge in [-0.15, -0.1) is 0 Å². The second kappa shape index (κ2) is 4.77. The fourth-order valence-corrected chi connectivity index (χ4v) is 3.58. The molecule has 1 saturated heterocycles. The van der Waals surface area contributed by atoms with E-state index in [4.69, 9.17) is 5.11 Å². The van der Waals surface area contributed by atoms with Gasteiger partial charge in [-0.3, -0.25) is 10.1 Å². The van der Waals surface area contributed by atoms with Crippen molar-refractivity contribution in [3.63, 3.8) is 0 Å². The lowest BCUT2D eigenvalue weighted by Crippen LogP contribution is -2.22. The van der Waals surface area contributed by atoms with Crippen molar-refractivity contribution in [2.75, 3.05) is 18.0 Å². The minimum Gasteiger partial charge on any atom is -0.477 e. The number of anilines is 1. The molecule has 2 aliphatic rings. The van der Waals surface area contributed by atoms with E-state index in [0.29, 0.717) is 17.5 Å². The third-order valence-corrected chi connectivity index (χ3v) is 4.49. The number of hydrogen-bond acceptors (Lipinski definition) is 4. The maximum Gasteiger partial charge on any atom is 0.342 e. The number of carboxylic acids is 1. The van der Waals surface area contributed by atoms with Crippen molar-refractivity contribution in [3.05, 3.63) is 33.9 Å². The van der Waals surface area contributed by atoms with Gasteiger partial charge in [-0.1, -0.05) is 12.5 Å². The lowest BCUT2D eigenvalue weighted by atomic mass is 10.0. The second-order valence-corrected chi connectivity index (χ2v) is 5.59. The number of carboxylic acid groups (broad SMARTS) is 1. The van der Waals surface area contributed by atoms with Crippen LogP contribution in [0.1, 0.15) is 29.6 Å². The van der Waals surface area contributed by atoms with Crippen LogP contribution in [0, 0.1) is 22.0 Å². The molecule has 1 heterocycles. The SMILES string of the molecule is O=C(O)c1cccc(N2CC3CCCC3C2)c1[N+](=O)[O-]. The first-order chi connectivity index (χ1) is 9.58. The highest BCUT2D eigenvalue weighted by atomic mass is 16.6. The molecule has 3 rings (SSSR count). The molecule has 0 amide bonds. The largest absolute Gasteiger partial charge is 0.477 e. The maximum atomic E-state index is 11.3. The lowest BCUT2D eigenvalue weighted by molar-refractivity contribution is -0.384. The van der Waals surface area contributed by atoms with E-state index >= 15 is 0 Å². The molecule has 1 aliphatic heterocycles. The highest BCUT2D eigenvalue weighted by Gasteiger charge is 2.39. The Morgan fingerprint density at radius 1 is 1.30 bits per heavy atom. The summed E-state index contributed by atoms with van der Waals surface area (Å²) in [7, 11) is 0. The monoisotopic (exact) mass is 276 g/mol. The number of aromatic carboxylic acids is 1. The summed E-state index contributed by atoms with van der Waals surface area (Å²) in [5.41, 5.74) is -0.0613. The topological polar surface area (TPSA) is 83.7 Å². The third kappa shape index (κ3) is 2.01. The number of carbonyl (C=O) groups is 1. The molecule has 1 N–H and O–H groups in total. The van der Waals surface area contributed by atoms with Crippen LogP contribution in [0.25, 0.3) is 0 Å². The Labute approximate surface area is 116 Å². The molecule has 1 aromatic rings. The van der Waals surface area contributed by atoms with E-state index in [1.165, 1.54) is 25.3 Å². The van der Waals surface area contributed by atoms with Gasteiger partial charge in [0.25, 0.3) is 0 Å². The lowest BCUT2D eigenvalue weighted by Gasteiger charge is -2.20. The molecule has 0 radical (unpaired) electrons. The number of rotatable bonds is 3. The van der Waals surface area contributed by atoms with E-state index in [2.05, 4.69) is 0 Å². The van der Waals surface area contributed by atoms with Crippen LogP contribution >= 0.6 is 0 Å². The van der Waals surface area contributed by atoms with Crippen LogP contribution < -0.4 is 4.90 Å². The summed E-state index contributed by atoms with van der Waals surface area (Å²) in [6, 6.07) is 4.53. The van der Waals surface area contributed by atoms with Gasteiger partial charge in [-0.25, -0.2) is 4.79 Å². The minimum atomic E-state index is -1.25. The molecule has 6 nitrogen and oxygen atoms in total. The molecule has 6 heteroatoms. The normalized spacial score (nSPS) is 24.7.